The van der Waals surface area contributed by atoms with Crippen molar-refractivity contribution in [3.05, 3.63) is 28.8 Å². The van der Waals surface area contributed by atoms with Crippen LogP contribution in [0.2, 0.25) is 5.02 Å². The average molecular weight is 258 g/mol. The summed E-state index contributed by atoms with van der Waals surface area (Å²) in [7, 11) is 0. The molecule has 1 aromatic carbocycles. The van der Waals surface area contributed by atoms with Gasteiger partial charge in [-0.3, -0.25) is 0 Å². The molecule has 92 valence electrons. The molecule has 1 rings (SSSR count). The summed E-state index contributed by atoms with van der Waals surface area (Å²) in [5, 5.41) is 0.327. The molecule has 5 nitrogen and oxygen atoms in total. The van der Waals surface area contributed by atoms with Crippen LogP contribution in [0.15, 0.2) is 18.2 Å². The molecule has 2 N–H and O–H groups in total. The van der Waals surface area contributed by atoms with Crippen molar-refractivity contribution in [3.63, 3.8) is 0 Å². The van der Waals surface area contributed by atoms with E-state index in [4.69, 9.17) is 22.1 Å². The van der Waals surface area contributed by atoms with E-state index in [1.165, 1.54) is 18.2 Å². The quantitative estimate of drug-likeness (QED) is 0.655. The Labute approximate surface area is 103 Å². The molecule has 0 aliphatic carbocycles. The molecule has 0 aliphatic rings. The highest BCUT2D eigenvalue weighted by atomic mass is 35.5. The molecule has 17 heavy (non-hydrogen) atoms. The lowest BCUT2D eigenvalue weighted by molar-refractivity contribution is -0.146. The van der Waals surface area contributed by atoms with Crippen molar-refractivity contribution in [2.75, 3.05) is 18.9 Å². The van der Waals surface area contributed by atoms with Crippen LogP contribution >= 0.6 is 11.6 Å². The lowest BCUT2D eigenvalue weighted by atomic mass is 10.2. The molecule has 0 saturated heterocycles. The summed E-state index contributed by atoms with van der Waals surface area (Å²) in [6.45, 7) is 1.47. The fourth-order valence-corrected chi connectivity index (χ4v) is 1.38. The van der Waals surface area contributed by atoms with Crippen molar-refractivity contribution in [1.29, 1.82) is 0 Å². The Morgan fingerprint density at radius 2 is 2.00 bits per heavy atom. The van der Waals surface area contributed by atoms with E-state index in [1.54, 1.807) is 6.92 Å². The van der Waals surface area contributed by atoms with E-state index >= 15 is 0 Å². The third-order valence-corrected chi connectivity index (χ3v) is 2.00. The van der Waals surface area contributed by atoms with Crippen LogP contribution in [-0.2, 0) is 14.3 Å². The summed E-state index contributed by atoms with van der Waals surface area (Å²) in [6.07, 6.45) is 0. The summed E-state index contributed by atoms with van der Waals surface area (Å²) in [5.74, 6) is -1.27. The van der Waals surface area contributed by atoms with Gasteiger partial charge >= 0.3 is 11.9 Å². The van der Waals surface area contributed by atoms with Crippen LogP contribution in [-0.4, -0.2) is 25.2 Å². The number of nitrogen functional groups attached to an aromatic ring is 1. The summed E-state index contributed by atoms with van der Waals surface area (Å²) >= 11 is 5.73. The van der Waals surface area contributed by atoms with Crippen LogP contribution in [0, 0.1) is 0 Å². The monoisotopic (exact) mass is 257 g/mol. The largest absolute Gasteiger partial charge is 0.463 e. The van der Waals surface area contributed by atoms with Crippen molar-refractivity contribution < 1.29 is 19.1 Å². The van der Waals surface area contributed by atoms with E-state index in [0.717, 1.165) is 0 Å². The van der Waals surface area contributed by atoms with Crippen LogP contribution in [0.25, 0.3) is 0 Å². The zero-order chi connectivity index (χ0) is 12.8. The normalized spacial score (nSPS) is 9.76. The third-order valence-electron chi connectivity index (χ3n) is 1.78. The molecule has 0 amide bonds. The number of hydrogen-bond acceptors (Lipinski definition) is 5. The van der Waals surface area contributed by atoms with Crippen molar-refractivity contribution in [3.8, 4) is 0 Å². The minimum atomic E-state index is -0.674. The first kappa shape index (κ1) is 13.3. The topological polar surface area (TPSA) is 78.6 Å². The van der Waals surface area contributed by atoms with Gasteiger partial charge in [0, 0.05) is 10.7 Å². The Morgan fingerprint density at radius 1 is 1.29 bits per heavy atom. The highest BCUT2D eigenvalue weighted by Gasteiger charge is 2.11. The minimum absolute atomic E-state index is 0.194. The van der Waals surface area contributed by atoms with Crippen molar-refractivity contribution in [2.45, 2.75) is 6.92 Å². The van der Waals surface area contributed by atoms with E-state index in [1.807, 2.05) is 0 Å². The molecule has 6 heteroatoms. The number of halogens is 1. The number of hydrogen-bond donors (Lipinski definition) is 1. The SMILES string of the molecule is CCOC(=O)COC(=O)c1cc(N)cc(Cl)c1. The Hall–Kier alpha value is -1.75. The first-order valence-corrected chi connectivity index (χ1v) is 5.29. The number of rotatable bonds is 4. The second kappa shape index (κ2) is 6.10. The molecule has 1 aromatic rings. The molecule has 0 spiro atoms. The van der Waals surface area contributed by atoms with Gasteiger partial charge in [0.05, 0.1) is 12.2 Å². The molecule has 0 aliphatic heterocycles. The zero-order valence-electron chi connectivity index (χ0n) is 9.23. The first-order valence-electron chi connectivity index (χ1n) is 4.91. The zero-order valence-corrected chi connectivity index (χ0v) is 9.99. The molecular formula is C11H12ClNO4. The number of carbonyl (C=O) groups excluding carboxylic acids is 2. The maximum absolute atomic E-state index is 11.5. The van der Waals surface area contributed by atoms with Gasteiger partial charge in [-0.15, -0.1) is 0 Å². The van der Waals surface area contributed by atoms with Gasteiger partial charge in [0.2, 0.25) is 0 Å². The smallest absolute Gasteiger partial charge is 0.344 e. The van der Waals surface area contributed by atoms with Crippen LogP contribution in [0.4, 0.5) is 5.69 Å². The van der Waals surface area contributed by atoms with Crippen molar-refractivity contribution >= 4 is 29.2 Å². The highest BCUT2D eigenvalue weighted by Crippen LogP contribution is 2.17. The number of anilines is 1. The Balaban J connectivity index is 2.61. The number of esters is 2. The van der Waals surface area contributed by atoms with Gasteiger partial charge in [-0.25, -0.2) is 9.59 Å². The maximum atomic E-state index is 11.5. The molecule has 0 unspecified atom stereocenters. The van der Waals surface area contributed by atoms with Gasteiger partial charge in [0.15, 0.2) is 6.61 Å². The van der Waals surface area contributed by atoms with E-state index < -0.39 is 18.5 Å². The first-order chi connectivity index (χ1) is 8.02. The molecule has 0 heterocycles. The van der Waals surface area contributed by atoms with Gasteiger partial charge in [0.25, 0.3) is 0 Å². The number of nitrogens with two attached hydrogens (primary N) is 1. The molecule has 0 aromatic heterocycles. The van der Waals surface area contributed by atoms with Gasteiger partial charge in [-0.1, -0.05) is 11.6 Å². The lowest BCUT2D eigenvalue weighted by Gasteiger charge is -2.05. The van der Waals surface area contributed by atoms with Crippen molar-refractivity contribution in [1.82, 2.24) is 0 Å². The van der Waals surface area contributed by atoms with Gasteiger partial charge in [0.1, 0.15) is 0 Å². The fraction of sp³-hybridized carbons (Fsp3) is 0.273. The minimum Gasteiger partial charge on any atom is -0.463 e. The average Bonchev–Trinajstić information content (AvgIpc) is 2.25. The van der Waals surface area contributed by atoms with E-state index in [-0.39, 0.29) is 12.2 Å². The van der Waals surface area contributed by atoms with Crippen LogP contribution in [0.3, 0.4) is 0 Å². The van der Waals surface area contributed by atoms with Crippen molar-refractivity contribution in [2.24, 2.45) is 0 Å². The Morgan fingerprint density at radius 3 is 2.59 bits per heavy atom. The standard InChI is InChI=1S/C11H12ClNO4/c1-2-16-10(14)6-17-11(15)7-3-8(12)5-9(13)4-7/h3-5H,2,6,13H2,1H3. The van der Waals surface area contributed by atoms with Crippen LogP contribution in [0.5, 0.6) is 0 Å². The molecular weight excluding hydrogens is 246 g/mol. The van der Waals surface area contributed by atoms with E-state index in [2.05, 4.69) is 4.74 Å². The molecule has 0 bridgehead atoms. The summed E-state index contributed by atoms with van der Waals surface area (Å²) in [5.41, 5.74) is 6.06. The maximum Gasteiger partial charge on any atom is 0.344 e. The van der Waals surface area contributed by atoms with Crippen LogP contribution in [0.1, 0.15) is 17.3 Å². The number of benzene rings is 1. The lowest BCUT2D eigenvalue weighted by Crippen LogP contribution is -2.16. The van der Waals surface area contributed by atoms with Gasteiger partial charge in [-0.05, 0) is 25.1 Å². The highest BCUT2D eigenvalue weighted by molar-refractivity contribution is 6.31. The number of ether oxygens (including phenoxy) is 2. The molecule has 0 radical (unpaired) electrons. The Bertz CT molecular complexity index is 413. The van der Waals surface area contributed by atoms with E-state index in [9.17, 15) is 9.59 Å². The van der Waals surface area contributed by atoms with Gasteiger partial charge in [-0.2, -0.15) is 0 Å². The predicted molar refractivity (Wildman–Crippen MR) is 62.8 cm³/mol. The second-order valence-corrected chi connectivity index (χ2v) is 3.59. The number of carbonyl (C=O) groups is 2. The molecule has 0 fully saturated rings. The summed E-state index contributed by atoms with van der Waals surface area (Å²) in [6, 6.07) is 4.33. The third kappa shape index (κ3) is 4.32. The van der Waals surface area contributed by atoms with Crippen LogP contribution < -0.4 is 5.73 Å². The fourth-order valence-electron chi connectivity index (χ4n) is 1.14. The van der Waals surface area contributed by atoms with E-state index in [0.29, 0.717) is 10.7 Å². The summed E-state index contributed by atoms with van der Waals surface area (Å²) < 4.78 is 9.33. The van der Waals surface area contributed by atoms with Gasteiger partial charge < -0.3 is 15.2 Å². The molecule has 0 saturated carbocycles. The summed E-state index contributed by atoms with van der Waals surface area (Å²) in [4.78, 5) is 22.5. The Kier molecular flexibility index (Phi) is 4.78. The molecule has 0 atom stereocenters. The predicted octanol–water partition coefficient (Wildman–Crippen LogP) is 1.64. The second-order valence-electron chi connectivity index (χ2n) is 3.15.